The molecule has 6 nitrogen and oxygen atoms in total. The summed E-state index contributed by atoms with van der Waals surface area (Å²) in [7, 11) is 1.60. The van der Waals surface area contributed by atoms with Gasteiger partial charge >= 0.3 is 0 Å². The Bertz CT molecular complexity index is 752. The van der Waals surface area contributed by atoms with Crippen LogP contribution in [0.5, 0.6) is 5.75 Å². The molecular weight excluding hydrogens is 354 g/mol. The number of hydrogen-bond acceptors (Lipinski definition) is 5. The summed E-state index contributed by atoms with van der Waals surface area (Å²) in [6.45, 7) is 4.30. The van der Waals surface area contributed by atoms with E-state index in [1.54, 1.807) is 13.3 Å². The second-order valence-electron chi connectivity index (χ2n) is 7.95. The van der Waals surface area contributed by atoms with Crippen molar-refractivity contribution in [1.29, 1.82) is 0 Å². The van der Waals surface area contributed by atoms with Gasteiger partial charge in [0.2, 0.25) is 5.91 Å². The molecule has 2 aromatic rings. The Balaban J connectivity index is 1.71. The molecule has 1 aliphatic rings. The maximum atomic E-state index is 13.0. The smallest absolute Gasteiger partial charge is 0.241 e. The van der Waals surface area contributed by atoms with E-state index in [1.807, 2.05) is 18.2 Å². The number of carbonyl (C=O) groups excluding carboxylic acids is 1. The monoisotopic (exact) mass is 385 g/mol. The molecule has 0 bridgehead atoms. The number of hydrogen-bond donors (Lipinski definition) is 2. The van der Waals surface area contributed by atoms with Gasteiger partial charge in [-0.1, -0.05) is 33.1 Å². The van der Waals surface area contributed by atoms with Crippen LogP contribution in [0.25, 0.3) is 11.3 Å². The first-order valence-corrected chi connectivity index (χ1v) is 10.2. The molecule has 1 unspecified atom stereocenters. The standard InChI is InChI=1S/C22H31N3O3/c1-15(2)11-19(24-16-7-5-4-6-8-16)22(26)25-17-9-10-18(20(12-17)27-3)21-13-23-14-28-21/h9-10,12-16,19,24H,4-8,11H2,1-3H3,(H,25,26). The van der Waals surface area contributed by atoms with Crippen molar-refractivity contribution < 1.29 is 13.9 Å². The van der Waals surface area contributed by atoms with E-state index in [4.69, 9.17) is 9.15 Å². The van der Waals surface area contributed by atoms with Crippen LogP contribution in [0.1, 0.15) is 52.4 Å². The summed E-state index contributed by atoms with van der Waals surface area (Å²) in [4.78, 5) is 16.9. The van der Waals surface area contributed by atoms with E-state index in [2.05, 4.69) is 29.5 Å². The van der Waals surface area contributed by atoms with Crippen molar-refractivity contribution in [2.24, 2.45) is 5.92 Å². The van der Waals surface area contributed by atoms with E-state index >= 15 is 0 Å². The van der Waals surface area contributed by atoms with Crippen molar-refractivity contribution in [3.63, 3.8) is 0 Å². The third-order valence-corrected chi connectivity index (χ3v) is 5.23. The number of benzene rings is 1. The molecule has 1 saturated carbocycles. The number of rotatable bonds is 8. The third kappa shape index (κ3) is 5.35. The van der Waals surface area contributed by atoms with Crippen LogP contribution in [0.2, 0.25) is 0 Å². The van der Waals surface area contributed by atoms with E-state index < -0.39 is 0 Å². The van der Waals surface area contributed by atoms with Crippen molar-refractivity contribution >= 4 is 11.6 Å². The normalized spacial score (nSPS) is 16.1. The minimum Gasteiger partial charge on any atom is -0.496 e. The number of amides is 1. The predicted molar refractivity (Wildman–Crippen MR) is 110 cm³/mol. The van der Waals surface area contributed by atoms with E-state index in [0.29, 0.717) is 29.2 Å². The fourth-order valence-electron chi connectivity index (χ4n) is 3.83. The summed E-state index contributed by atoms with van der Waals surface area (Å²) in [5.74, 6) is 1.71. The molecular formula is C22H31N3O3. The molecule has 1 fully saturated rings. The van der Waals surface area contributed by atoms with Gasteiger partial charge in [0.1, 0.15) is 5.75 Å². The van der Waals surface area contributed by atoms with Gasteiger partial charge < -0.3 is 19.8 Å². The lowest BCUT2D eigenvalue weighted by Crippen LogP contribution is -2.47. The van der Waals surface area contributed by atoms with Crippen LogP contribution in [-0.2, 0) is 4.79 Å². The molecule has 1 heterocycles. The van der Waals surface area contributed by atoms with E-state index in [1.165, 1.54) is 25.7 Å². The summed E-state index contributed by atoms with van der Waals surface area (Å²) in [6, 6.07) is 5.81. The van der Waals surface area contributed by atoms with Crippen LogP contribution in [0, 0.1) is 5.92 Å². The molecule has 3 rings (SSSR count). The predicted octanol–water partition coefficient (Wildman–Crippen LogP) is 4.63. The zero-order valence-electron chi connectivity index (χ0n) is 17.0. The molecule has 28 heavy (non-hydrogen) atoms. The lowest BCUT2D eigenvalue weighted by atomic mass is 9.93. The van der Waals surface area contributed by atoms with Crippen LogP contribution >= 0.6 is 0 Å². The van der Waals surface area contributed by atoms with Crippen LogP contribution in [0.15, 0.2) is 35.2 Å². The van der Waals surface area contributed by atoms with Crippen molar-refractivity contribution in [3.8, 4) is 17.1 Å². The van der Waals surface area contributed by atoms with Crippen molar-refractivity contribution in [2.45, 2.75) is 64.5 Å². The molecule has 6 heteroatoms. The Kier molecular flexibility index (Phi) is 7.09. The fourth-order valence-corrected chi connectivity index (χ4v) is 3.83. The first-order chi connectivity index (χ1) is 13.6. The third-order valence-electron chi connectivity index (χ3n) is 5.23. The van der Waals surface area contributed by atoms with Crippen molar-refractivity contribution in [2.75, 3.05) is 12.4 Å². The highest BCUT2D eigenvalue weighted by Crippen LogP contribution is 2.32. The lowest BCUT2D eigenvalue weighted by molar-refractivity contribution is -0.118. The molecule has 1 aromatic carbocycles. The molecule has 2 N–H and O–H groups in total. The topological polar surface area (TPSA) is 76.4 Å². The van der Waals surface area contributed by atoms with Crippen LogP contribution in [0.4, 0.5) is 5.69 Å². The number of carbonyl (C=O) groups is 1. The van der Waals surface area contributed by atoms with Gasteiger partial charge in [-0.2, -0.15) is 0 Å². The highest BCUT2D eigenvalue weighted by Gasteiger charge is 2.24. The van der Waals surface area contributed by atoms with Gasteiger partial charge in [-0.15, -0.1) is 0 Å². The van der Waals surface area contributed by atoms with E-state index in [0.717, 1.165) is 24.8 Å². The number of aromatic nitrogens is 1. The maximum Gasteiger partial charge on any atom is 0.241 e. The maximum absolute atomic E-state index is 13.0. The number of anilines is 1. The van der Waals surface area contributed by atoms with Gasteiger partial charge in [-0.25, -0.2) is 4.98 Å². The average molecular weight is 386 g/mol. The van der Waals surface area contributed by atoms with Crippen LogP contribution < -0.4 is 15.4 Å². The summed E-state index contributed by atoms with van der Waals surface area (Å²) in [5.41, 5.74) is 1.52. The molecule has 1 aliphatic carbocycles. The molecule has 1 atom stereocenters. The fraction of sp³-hybridized carbons (Fsp3) is 0.545. The first-order valence-electron chi connectivity index (χ1n) is 10.2. The Hall–Kier alpha value is -2.34. The highest BCUT2D eigenvalue weighted by molar-refractivity contribution is 5.95. The summed E-state index contributed by atoms with van der Waals surface area (Å²) < 4.78 is 10.8. The molecule has 0 radical (unpaired) electrons. The molecule has 0 spiro atoms. The Morgan fingerprint density at radius 3 is 2.71 bits per heavy atom. The van der Waals surface area contributed by atoms with E-state index in [9.17, 15) is 4.79 Å². The molecule has 0 aliphatic heterocycles. The Morgan fingerprint density at radius 2 is 2.07 bits per heavy atom. The molecule has 0 saturated heterocycles. The average Bonchev–Trinajstić information content (AvgIpc) is 3.22. The largest absolute Gasteiger partial charge is 0.496 e. The summed E-state index contributed by atoms with van der Waals surface area (Å²) in [5, 5.41) is 6.66. The van der Waals surface area contributed by atoms with Crippen molar-refractivity contribution in [1.82, 2.24) is 10.3 Å². The van der Waals surface area contributed by atoms with Gasteiger partial charge in [0.25, 0.3) is 0 Å². The molecule has 152 valence electrons. The van der Waals surface area contributed by atoms with Gasteiger partial charge in [-0.3, -0.25) is 4.79 Å². The van der Waals surface area contributed by atoms with Gasteiger partial charge in [0, 0.05) is 17.8 Å². The van der Waals surface area contributed by atoms with Crippen molar-refractivity contribution in [3.05, 3.63) is 30.8 Å². The Labute approximate surface area is 167 Å². The van der Waals surface area contributed by atoms with E-state index in [-0.39, 0.29) is 11.9 Å². The minimum atomic E-state index is -0.192. The number of oxazole rings is 1. The lowest BCUT2D eigenvalue weighted by Gasteiger charge is -2.29. The Morgan fingerprint density at radius 1 is 1.29 bits per heavy atom. The molecule has 1 aromatic heterocycles. The zero-order chi connectivity index (χ0) is 19.9. The molecule has 1 amide bonds. The zero-order valence-corrected chi connectivity index (χ0v) is 17.0. The quantitative estimate of drug-likeness (QED) is 0.693. The SMILES string of the molecule is COc1cc(NC(=O)C(CC(C)C)NC2CCCCC2)ccc1-c1cnco1. The number of nitrogens with one attached hydrogen (secondary N) is 2. The number of methoxy groups -OCH3 is 1. The minimum absolute atomic E-state index is 0.00809. The summed E-state index contributed by atoms with van der Waals surface area (Å²) >= 11 is 0. The second-order valence-corrected chi connectivity index (χ2v) is 7.95. The highest BCUT2D eigenvalue weighted by atomic mass is 16.5. The van der Waals surface area contributed by atoms with Gasteiger partial charge in [-0.05, 0) is 37.3 Å². The number of ether oxygens (including phenoxy) is 1. The van der Waals surface area contributed by atoms with Crippen LogP contribution in [-0.4, -0.2) is 30.1 Å². The van der Waals surface area contributed by atoms with Gasteiger partial charge in [0.05, 0.1) is 24.9 Å². The van der Waals surface area contributed by atoms with Crippen LogP contribution in [0.3, 0.4) is 0 Å². The summed E-state index contributed by atoms with van der Waals surface area (Å²) in [6.07, 6.45) is 9.94. The van der Waals surface area contributed by atoms with Gasteiger partial charge in [0.15, 0.2) is 12.2 Å². The second kappa shape index (κ2) is 9.73. The number of nitrogens with zero attached hydrogens (tertiary/aromatic N) is 1. The first kappa shape index (κ1) is 20.4.